The molecule has 0 aromatic carbocycles. The molecule has 12 heteroatoms. The fourth-order valence-electron chi connectivity index (χ4n) is 2.69. The van der Waals surface area contributed by atoms with Crippen LogP contribution in [0.4, 0.5) is 11.4 Å². The fraction of sp³-hybridized carbons (Fsp3) is 0.222. The van der Waals surface area contributed by atoms with Gasteiger partial charge in [0.25, 0.3) is 0 Å². The van der Waals surface area contributed by atoms with E-state index in [0.717, 1.165) is 5.69 Å². The lowest BCUT2D eigenvalue weighted by Crippen LogP contribution is -2.10. The molecule has 0 atom stereocenters. The minimum Gasteiger partial charge on any atom is -0.464 e. The number of hydrogen-bond acceptors (Lipinski definition) is 10. The molecule has 30 heavy (non-hydrogen) atoms. The molecule has 0 saturated carbocycles. The van der Waals surface area contributed by atoms with Crippen molar-refractivity contribution in [1.29, 1.82) is 0 Å². The number of hydrogen-bond donors (Lipinski definition) is 2. The Morgan fingerprint density at radius 2 is 1.43 bits per heavy atom. The summed E-state index contributed by atoms with van der Waals surface area (Å²) in [6, 6.07) is 3.20. The predicted molar refractivity (Wildman–Crippen MR) is 107 cm³/mol. The van der Waals surface area contributed by atoms with E-state index in [1.165, 1.54) is 31.1 Å². The molecule has 0 bridgehead atoms. The number of esters is 2. The van der Waals surface area contributed by atoms with Gasteiger partial charge < -0.3 is 20.9 Å². The normalized spacial score (nSPS) is 10.5. The van der Waals surface area contributed by atoms with Gasteiger partial charge in [-0.25, -0.2) is 28.6 Å². The van der Waals surface area contributed by atoms with Crippen LogP contribution in [0.5, 0.6) is 0 Å². The molecule has 4 rings (SSSR count). The van der Waals surface area contributed by atoms with Crippen molar-refractivity contribution in [3.63, 3.8) is 0 Å². The molecular formula is C18H20N8O4. The van der Waals surface area contributed by atoms with Crippen LogP contribution in [0.3, 0.4) is 0 Å². The molecule has 0 unspecified atom stereocenters. The number of aryl methyl sites for hydroxylation is 2. The summed E-state index contributed by atoms with van der Waals surface area (Å²) in [6.45, 7) is 3.59. The molecule has 0 radical (unpaired) electrons. The Kier molecular flexibility index (Phi) is 5.49. The van der Waals surface area contributed by atoms with Gasteiger partial charge in [0.15, 0.2) is 22.7 Å². The van der Waals surface area contributed by atoms with E-state index in [1.807, 2.05) is 6.92 Å². The summed E-state index contributed by atoms with van der Waals surface area (Å²) in [7, 11) is 2.63. The van der Waals surface area contributed by atoms with Gasteiger partial charge in [0.1, 0.15) is 0 Å². The van der Waals surface area contributed by atoms with Crippen LogP contribution in [0.25, 0.3) is 11.3 Å². The maximum Gasteiger partial charge on any atom is 0.356 e. The highest BCUT2D eigenvalue weighted by Gasteiger charge is 2.15. The quantitative estimate of drug-likeness (QED) is 0.450. The highest BCUT2D eigenvalue weighted by Crippen LogP contribution is 2.15. The number of carbonyl (C=O) groups excluding carboxylic acids is 2. The van der Waals surface area contributed by atoms with Crippen molar-refractivity contribution in [3.05, 3.63) is 47.3 Å². The second kappa shape index (κ2) is 8.03. The Hall–Kier alpha value is -4.22. The minimum atomic E-state index is -0.485. The van der Waals surface area contributed by atoms with Gasteiger partial charge in [-0.3, -0.25) is 0 Å². The second-order valence-electron chi connectivity index (χ2n) is 6.22. The summed E-state index contributed by atoms with van der Waals surface area (Å²) in [5.74, 6) is -0.949. The van der Waals surface area contributed by atoms with Gasteiger partial charge in [-0.2, -0.15) is 10.2 Å². The largest absolute Gasteiger partial charge is 0.464 e. The lowest BCUT2D eigenvalue weighted by molar-refractivity contribution is 0.0583. The summed E-state index contributed by atoms with van der Waals surface area (Å²) >= 11 is 0. The first-order valence-corrected chi connectivity index (χ1v) is 8.65. The Labute approximate surface area is 170 Å². The third kappa shape index (κ3) is 3.70. The highest BCUT2D eigenvalue weighted by molar-refractivity contribution is 5.89. The summed E-state index contributed by atoms with van der Waals surface area (Å²) in [6.07, 6.45) is 2.95. The summed E-state index contributed by atoms with van der Waals surface area (Å²) in [4.78, 5) is 31.0. The van der Waals surface area contributed by atoms with Crippen molar-refractivity contribution in [3.8, 4) is 0 Å². The van der Waals surface area contributed by atoms with Gasteiger partial charge in [-0.05, 0) is 26.0 Å². The monoisotopic (exact) mass is 412 g/mol. The van der Waals surface area contributed by atoms with Crippen LogP contribution in [0.15, 0.2) is 24.5 Å². The number of anilines is 2. The molecule has 4 N–H and O–H groups in total. The standard InChI is InChI=1S/2C9H10N4O2/c1-5-3-7(9(14)15-2)12-8-6(10)4-11-13(5)8;1-5-3-7(9(14)15-2)13-8(12-5)6(10)4-11-13/h2*3-4H,10H2,1-2H3. The molecule has 0 spiro atoms. The van der Waals surface area contributed by atoms with Gasteiger partial charge in [0.05, 0.1) is 38.0 Å². The molecule has 0 aliphatic heterocycles. The average molecular weight is 412 g/mol. The second-order valence-corrected chi connectivity index (χ2v) is 6.22. The maximum absolute atomic E-state index is 11.4. The SMILES string of the molecule is COC(=O)c1cc(C)n2ncc(N)c2n1.COC(=O)c1cc(C)nc2c(N)cnn12. The topological polar surface area (TPSA) is 165 Å². The van der Waals surface area contributed by atoms with Crippen molar-refractivity contribution in [1.82, 2.24) is 29.2 Å². The van der Waals surface area contributed by atoms with Crippen molar-refractivity contribution >= 4 is 34.6 Å². The van der Waals surface area contributed by atoms with E-state index in [9.17, 15) is 9.59 Å². The van der Waals surface area contributed by atoms with Gasteiger partial charge >= 0.3 is 11.9 Å². The van der Waals surface area contributed by atoms with Gasteiger partial charge in [0.2, 0.25) is 0 Å². The molecule has 12 nitrogen and oxygen atoms in total. The van der Waals surface area contributed by atoms with Crippen LogP contribution in [0.1, 0.15) is 32.4 Å². The van der Waals surface area contributed by atoms with E-state index in [-0.39, 0.29) is 5.69 Å². The Morgan fingerprint density at radius 1 is 0.867 bits per heavy atom. The average Bonchev–Trinajstić information content (AvgIpc) is 3.30. The first-order valence-electron chi connectivity index (χ1n) is 8.65. The number of carbonyl (C=O) groups is 2. The molecule has 156 valence electrons. The molecule has 4 heterocycles. The van der Waals surface area contributed by atoms with Crippen LogP contribution in [0, 0.1) is 13.8 Å². The molecule has 0 fully saturated rings. The number of nitrogens with two attached hydrogens (primary N) is 2. The third-order valence-corrected chi connectivity index (χ3v) is 4.09. The zero-order valence-electron chi connectivity index (χ0n) is 16.8. The summed E-state index contributed by atoms with van der Waals surface area (Å²) < 4.78 is 12.2. The molecular weight excluding hydrogens is 392 g/mol. The van der Waals surface area contributed by atoms with Gasteiger partial charge in [-0.15, -0.1) is 0 Å². The number of aromatic nitrogens is 6. The van der Waals surface area contributed by atoms with Crippen molar-refractivity contribution < 1.29 is 19.1 Å². The zero-order chi connectivity index (χ0) is 22.0. The van der Waals surface area contributed by atoms with E-state index in [2.05, 4.69) is 29.6 Å². The van der Waals surface area contributed by atoms with E-state index in [1.54, 1.807) is 23.6 Å². The Morgan fingerprint density at radius 3 is 2.03 bits per heavy atom. The Balaban J connectivity index is 0.000000171. The van der Waals surface area contributed by atoms with E-state index in [4.69, 9.17) is 11.5 Å². The van der Waals surface area contributed by atoms with Crippen LogP contribution in [-0.4, -0.2) is 55.4 Å². The molecule has 0 saturated heterocycles. The smallest absolute Gasteiger partial charge is 0.356 e. The van der Waals surface area contributed by atoms with Crippen LogP contribution in [-0.2, 0) is 9.47 Å². The number of fused-ring (bicyclic) bond motifs is 2. The minimum absolute atomic E-state index is 0.231. The maximum atomic E-state index is 11.4. The first kappa shape index (κ1) is 20.5. The number of rotatable bonds is 2. The van der Waals surface area contributed by atoms with Crippen LogP contribution < -0.4 is 11.5 Å². The van der Waals surface area contributed by atoms with Crippen molar-refractivity contribution in [2.75, 3.05) is 25.7 Å². The van der Waals surface area contributed by atoms with E-state index < -0.39 is 11.9 Å². The molecule has 0 amide bonds. The van der Waals surface area contributed by atoms with Crippen molar-refractivity contribution in [2.45, 2.75) is 13.8 Å². The van der Waals surface area contributed by atoms with Gasteiger partial charge in [-0.1, -0.05) is 0 Å². The number of nitrogens with zero attached hydrogens (tertiary/aromatic N) is 6. The van der Waals surface area contributed by atoms with Crippen LogP contribution >= 0.6 is 0 Å². The van der Waals surface area contributed by atoms with E-state index in [0.29, 0.717) is 34.1 Å². The van der Waals surface area contributed by atoms with Gasteiger partial charge in [0, 0.05) is 11.4 Å². The summed E-state index contributed by atoms with van der Waals surface area (Å²) in [5.41, 5.74) is 15.1. The highest BCUT2D eigenvalue weighted by atomic mass is 16.5. The molecule has 0 aliphatic rings. The number of ether oxygens (including phenoxy) is 2. The number of methoxy groups -OCH3 is 2. The Bertz CT molecular complexity index is 1260. The number of nitrogen functional groups attached to an aromatic ring is 2. The fourth-order valence-corrected chi connectivity index (χ4v) is 2.69. The first-order chi connectivity index (χ1) is 14.3. The molecule has 4 aromatic heterocycles. The third-order valence-electron chi connectivity index (χ3n) is 4.09. The lowest BCUT2D eigenvalue weighted by atomic mass is 10.3. The molecule has 4 aromatic rings. The predicted octanol–water partition coefficient (Wildman–Crippen LogP) is 0.813. The van der Waals surface area contributed by atoms with E-state index >= 15 is 0 Å². The van der Waals surface area contributed by atoms with Crippen molar-refractivity contribution in [2.24, 2.45) is 0 Å². The van der Waals surface area contributed by atoms with Crippen LogP contribution in [0.2, 0.25) is 0 Å². The zero-order valence-corrected chi connectivity index (χ0v) is 16.8. The molecule has 0 aliphatic carbocycles. The lowest BCUT2D eigenvalue weighted by Gasteiger charge is -2.03. The summed E-state index contributed by atoms with van der Waals surface area (Å²) in [5, 5.41) is 7.98.